The average Bonchev–Trinajstić information content (AvgIpc) is 3.56. The van der Waals surface area contributed by atoms with Crippen molar-refractivity contribution in [1.82, 2.24) is 4.98 Å². The Morgan fingerprint density at radius 1 is 1.00 bits per heavy atom. The Morgan fingerprint density at radius 2 is 1.70 bits per heavy atom. The second kappa shape index (κ2) is 10.0. The standard InChI is InChI=1S/C27H22ClN3O4S2/c1-17-5-6-18(2)25-24(17)29-27(36-25)31(16-22-4-3-15-35-22)26(32)19-7-11-21(12-8-19)30-37(33,34)23-13-9-20(28)10-14-23/h3-15,30H,16H2,1-2H3. The van der Waals surface area contributed by atoms with E-state index in [0.29, 0.717) is 27.2 Å². The van der Waals surface area contributed by atoms with Crippen LogP contribution >= 0.6 is 22.9 Å². The van der Waals surface area contributed by atoms with Crippen LogP contribution in [-0.4, -0.2) is 19.3 Å². The molecular weight excluding hydrogens is 530 g/mol. The van der Waals surface area contributed by atoms with Crippen molar-refractivity contribution in [2.75, 3.05) is 9.62 Å². The molecule has 0 bridgehead atoms. The summed E-state index contributed by atoms with van der Waals surface area (Å²) in [6, 6.07) is 19.8. The van der Waals surface area contributed by atoms with Crippen molar-refractivity contribution in [2.24, 2.45) is 0 Å². The van der Waals surface area contributed by atoms with Crippen LogP contribution in [0.4, 0.5) is 10.8 Å². The third kappa shape index (κ3) is 5.24. The minimum absolute atomic E-state index is 0.0862. The zero-order chi connectivity index (χ0) is 26.2. The van der Waals surface area contributed by atoms with Crippen molar-refractivity contribution in [1.29, 1.82) is 0 Å². The number of hydrogen-bond acceptors (Lipinski definition) is 6. The van der Waals surface area contributed by atoms with Crippen LogP contribution in [0.1, 0.15) is 27.2 Å². The van der Waals surface area contributed by atoms with Crippen LogP contribution in [0.25, 0.3) is 10.2 Å². The fourth-order valence-corrected chi connectivity index (χ4v) is 6.11. The summed E-state index contributed by atoms with van der Waals surface area (Å²) in [6.45, 7) is 4.22. The average molecular weight is 552 g/mol. The van der Waals surface area contributed by atoms with Crippen molar-refractivity contribution in [3.63, 3.8) is 0 Å². The fraction of sp³-hybridized carbons (Fsp3) is 0.111. The van der Waals surface area contributed by atoms with Gasteiger partial charge in [0.15, 0.2) is 5.13 Å². The molecule has 1 N–H and O–H groups in total. The molecule has 0 aliphatic heterocycles. The van der Waals surface area contributed by atoms with E-state index in [4.69, 9.17) is 21.0 Å². The van der Waals surface area contributed by atoms with Crippen LogP contribution in [0, 0.1) is 13.8 Å². The number of nitrogens with zero attached hydrogens (tertiary/aromatic N) is 2. The van der Waals surface area contributed by atoms with Gasteiger partial charge in [0.2, 0.25) is 0 Å². The maximum absolute atomic E-state index is 13.7. The van der Waals surface area contributed by atoms with Gasteiger partial charge < -0.3 is 4.42 Å². The van der Waals surface area contributed by atoms with Gasteiger partial charge in [0.25, 0.3) is 15.9 Å². The Hall–Kier alpha value is -3.66. The first-order valence-corrected chi connectivity index (χ1v) is 14.0. The lowest BCUT2D eigenvalue weighted by atomic mass is 10.1. The largest absolute Gasteiger partial charge is 0.467 e. The number of anilines is 2. The highest BCUT2D eigenvalue weighted by Gasteiger charge is 2.24. The second-order valence-electron chi connectivity index (χ2n) is 8.48. The van der Waals surface area contributed by atoms with Gasteiger partial charge in [-0.3, -0.25) is 14.4 Å². The lowest BCUT2D eigenvalue weighted by Gasteiger charge is -2.19. The molecule has 0 aliphatic carbocycles. The van der Waals surface area contributed by atoms with Crippen LogP contribution in [0.2, 0.25) is 5.02 Å². The zero-order valence-electron chi connectivity index (χ0n) is 19.9. The van der Waals surface area contributed by atoms with E-state index in [1.807, 2.05) is 26.0 Å². The molecule has 0 saturated heterocycles. The lowest BCUT2D eigenvalue weighted by Crippen LogP contribution is -2.30. The van der Waals surface area contributed by atoms with E-state index in [1.54, 1.807) is 47.6 Å². The van der Waals surface area contributed by atoms with Crippen LogP contribution < -0.4 is 9.62 Å². The first-order chi connectivity index (χ1) is 17.7. The number of hydrogen-bond donors (Lipinski definition) is 1. The molecular formula is C27H22ClN3O4S2. The van der Waals surface area contributed by atoms with Gasteiger partial charge in [0.1, 0.15) is 5.76 Å². The number of aryl methyl sites for hydroxylation is 2. The number of sulfonamides is 1. The topological polar surface area (TPSA) is 92.5 Å². The van der Waals surface area contributed by atoms with Gasteiger partial charge in [0, 0.05) is 16.3 Å². The fourth-order valence-electron chi connectivity index (χ4n) is 3.81. The van der Waals surface area contributed by atoms with E-state index >= 15 is 0 Å². The number of carbonyl (C=O) groups is 1. The first kappa shape index (κ1) is 25.0. The molecule has 0 radical (unpaired) electrons. The molecule has 0 unspecified atom stereocenters. The number of amides is 1. The van der Waals surface area contributed by atoms with Gasteiger partial charge in [-0.25, -0.2) is 13.4 Å². The minimum Gasteiger partial charge on any atom is -0.467 e. The SMILES string of the molecule is Cc1ccc(C)c2sc(N(Cc3ccco3)C(=O)c3ccc(NS(=O)(=O)c4ccc(Cl)cc4)cc3)nc12. The maximum Gasteiger partial charge on any atom is 0.261 e. The van der Waals surface area contributed by atoms with E-state index in [2.05, 4.69) is 4.72 Å². The molecule has 0 spiro atoms. The highest BCUT2D eigenvalue weighted by atomic mass is 35.5. The normalized spacial score (nSPS) is 11.5. The number of halogens is 1. The highest BCUT2D eigenvalue weighted by molar-refractivity contribution is 7.92. The molecule has 5 aromatic rings. The number of aromatic nitrogens is 1. The number of carbonyl (C=O) groups excluding carboxylic acids is 1. The molecule has 188 valence electrons. The van der Waals surface area contributed by atoms with Gasteiger partial charge in [-0.15, -0.1) is 0 Å². The summed E-state index contributed by atoms with van der Waals surface area (Å²) in [5.74, 6) is 0.339. The van der Waals surface area contributed by atoms with Gasteiger partial charge in [-0.1, -0.05) is 35.1 Å². The predicted molar refractivity (Wildman–Crippen MR) is 147 cm³/mol. The van der Waals surface area contributed by atoms with E-state index in [9.17, 15) is 13.2 Å². The van der Waals surface area contributed by atoms with E-state index < -0.39 is 10.0 Å². The minimum atomic E-state index is -3.80. The third-order valence-electron chi connectivity index (χ3n) is 5.81. The number of nitrogens with one attached hydrogen (secondary N) is 1. The number of rotatable bonds is 7. The first-order valence-electron chi connectivity index (χ1n) is 11.3. The molecule has 10 heteroatoms. The van der Waals surface area contributed by atoms with Crippen molar-refractivity contribution < 1.29 is 17.6 Å². The summed E-state index contributed by atoms with van der Waals surface area (Å²) < 4.78 is 34.5. The number of thiazole rings is 1. The van der Waals surface area contributed by atoms with Gasteiger partial charge in [0.05, 0.1) is 27.9 Å². The van der Waals surface area contributed by atoms with Crippen molar-refractivity contribution in [3.8, 4) is 0 Å². The second-order valence-corrected chi connectivity index (χ2v) is 11.6. The van der Waals surface area contributed by atoms with Gasteiger partial charge in [-0.05, 0) is 85.6 Å². The Bertz CT molecular complexity index is 1640. The summed E-state index contributed by atoms with van der Waals surface area (Å²) >= 11 is 7.31. The number of benzene rings is 3. The van der Waals surface area contributed by atoms with E-state index in [1.165, 1.54) is 35.6 Å². The van der Waals surface area contributed by atoms with Crippen molar-refractivity contribution >= 4 is 59.9 Å². The molecule has 3 aromatic carbocycles. The summed E-state index contributed by atoms with van der Waals surface area (Å²) in [5.41, 5.74) is 3.70. The van der Waals surface area contributed by atoms with Crippen molar-refractivity contribution in [3.05, 3.63) is 107 Å². The van der Waals surface area contributed by atoms with Gasteiger partial charge in [-0.2, -0.15) is 0 Å². The maximum atomic E-state index is 13.7. The smallest absolute Gasteiger partial charge is 0.261 e. The molecule has 7 nitrogen and oxygen atoms in total. The zero-order valence-corrected chi connectivity index (χ0v) is 22.3. The number of furan rings is 1. The Balaban J connectivity index is 1.44. The molecule has 0 atom stereocenters. The summed E-state index contributed by atoms with van der Waals surface area (Å²) in [7, 11) is -3.80. The van der Waals surface area contributed by atoms with Crippen LogP contribution in [0.3, 0.4) is 0 Å². The van der Waals surface area contributed by atoms with Crippen LogP contribution in [0.15, 0.2) is 88.4 Å². The summed E-state index contributed by atoms with van der Waals surface area (Å²) in [6.07, 6.45) is 1.56. The molecule has 2 heterocycles. The Kier molecular flexibility index (Phi) is 6.76. The highest BCUT2D eigenvalue weighted by Crippen LogP contribution is 2.34. The molecule has 0 aliphatic rings. The van der Waals surface area contributed by atoms with Gasteiger partial charge >= 0.3 is 0 Å². The Labute approximate surface area is 223 Å². The molecule has 37 heavy (non-hydrogen) atoms. The molecule has 0 saturated carbocycles. The Morgan fingerprint density at radius 3 is 2.35 bits per heavy atom. The monoisotopic (exact) mass is 551 g/mol. The van der Waals surface area contributed by atoms with Crippen LogP contribution in [-0.2, 0) is 16.6 Å². The van der Waals surface area contributed by atoms with Crippen molar-refractivity contribution in [2.45, 2.75) is 25.3 Å². The molecule has 2 aromatic heterocycles. The third-order valence-corrected chi connectivity index (χ3v) is 8.67. The summed E-state index contributed by atoms with van der Waals surface area (Å²) in [5, 5.41) is 1.00. The lowest BCUT2D eigenvalue weighted by molar-refractivity contribution is 0.0983. The van der Waals surface area contributed by atoms with E-state index in [-0.39, 0.29) is 17.3 Å². The predicted octanol–water partition coefficient (Wildman–Crippen LogP) is 6.81. The quantitative estimate of drug-likeness (QED) is 0.240. The molecule has 5 rings (SSSR count). The van der Waals surface area contributed by atoms with E-state index in [0.717, 1.165) is 21.3 Å². The molecule has 1 amide bonds. The summed E-state index contributed by atoms with van der Waals surface area (Å²) in [4.78, 5) is 20.1. The number of fused-ring (bicyclic) bond motifs is 1. The molecule has 0 fully saturated rings. The van der Waals surface area contributed by atoms with Crippen LogP contribution in [0.5, 0.6) is 0 Å².